The highest BCUT2D eigenvalue weighted by atomic mass is 79.9. The Hall–Kier alpha value is -0.350. The van der Waals surface area contributed by atoms with Gasteiger partial charge in [0.25, 0.3) is 0 Å². The number of nitrogens with zero attached hydrogens (tertiary/aromatic N) is 2. The minimum atomic E-state index is 0.177. The van der Waals surface area contributed by atoms with Gasteiger partial charge in [-0.3, -0.25) is 4.68 Å². The molecule has 3 nitrogen and oxygen atoms in total. The zero-order chi connectivity index (χ0) is 10.0. The first-order chi connectivity index (χ1) is 6.06. The van der Waals surface area contributed by atoms with Crippen molar-refractivity contribution in [1.29, 1.82) is 0 Å². The maximum Gasteiger partial charge on any atom is 0.0766 e. The number of aromatic nitrogens is 2. The van der Waals surface area contributed by atoms with Gasteiger partial charge < -0.3 is 5.73 Å². The van der Waals surface area contributed by atoms with Gasteiger partial charge in [0.2, 0.25) is 0 Å². The third-order valence-corrected chi connectivity index (χ3v) is 2.93. The van der Waals surface area contributed by atoms with E-state index in [1.54, 1.807) is 0 Å². The van der Waals surface area contributed by atoms with Crippen LogP contribution in [0.1, 0.15) is 25.2 Å². The van der Waals surface area contributed by atoms with E-state index in [1.165, 1.54) is 5.69 Å². The van der Waals surface area contributed by atoms with Gasteiger partial charge >= 0.3 is 0 Å². The van der Waals surface area contributed by atoms with Crippen LogP contribution in [-0.4, -0.2) is 15.8 Å². The molecule has 1 aromatic heterocycles. The van der Waals surface area contributed by atoms with Crippen molar-refractivity contribution in [2.45, 2.75) is 32.7 Å². The molecular weight excluding hydrogens is 230 g/mol. The van der Waals surface area contributed by atoms with Gasteiger partial charge in [-0.05, 0) is 29.3 Å². The Morgan fingerprint density at radius 1 is 1.62 bits per heavy atom. The van der Waals surface area contributed by atoms with Crippen molar-refractivity contribution >= 4 is 15.9 Å². The number of hydrogen-bond donors (Lipinski definition) is 1. The van der Waals surface area contributed by atoms with Crippen LogP contribution in [0, 0.1) is 0 Å². The molecule has 1 rings (SSSR count). The fraction of sp³-hybridized carbons (Fsp3) is 0.667. The molecule has 4 heteroatoms. The first kappa shape index (κ1) is 10.7. The van der Waals surface area contributed by atoms with Crippen LogP contribution in [0.25, 0.3) is 0 Å². The summed E-state index contributed by atoms with van der Waals surface area (Å²) in [4.78, 5) is 0. The van der Waals surface area contributed by atoms with Crippen LogP contribution in [0.4, 0.5) is 0 Å². The molecule has 0 aliphatic heterocycles. The normalized spacial score (nSPS) is 13.3. The van der Waals surface area contributed by atoms with Gasteiger partial charge in [0, 0.05) is 19.5 Å². The van der Waals surface area contributed by atoms with E-state index in [1.807, 2.05) is 18.7 Å². The lowest BCUT2D eigenvalue weighted by Crippen LogP contribution is -2.19. The largest absolute Gasteiger partial charge is 0.328 e. The van der Waals surface area contributed by atoms with Gasteiger partial charge in [-0.15, -0.1) is 0 Å². The Morgan fingerprint density at radius 3 is 2.62 bits per heavy atom. The summed E-state index contributed by atoms with van der Waals surface area (Å²) in [7, 11) is 1.96. The quantitative estimate of drug-likeness (QED) is 0.880. The zero-order valence-electron chi connectivity index (χ0n) is 8.34. The molecule has 1 heterocycles. The molecule has 0 fully saturated rings. The van der Waals surface area contributed by atoms with E-state index < -0.39 is 0 Å². The standard InChI is InChI=1S/C9H16BrN3/c1-4-7-9(10)8(5-6(2)11)13(3)12-7/h6H,4-5,11H2,1-3H3. The van der Waals surface area contributed by atoms with Crippen LogP contribution < -0.4 is 5.73 Å². The van der Waals surface area contributed by atoms with E-state index >= 15 is 0 Å². The summed E-state index contributed by atoms with van der Waals surface area (Å²) < 4.78 is 3.03. The van der Waals surface area contributed by atoms with Gasteiger partial charge in [0.05, 0.1) is 15.9 Å². The highest BCUT2D eigenvalue weighted by Crippen LogP contribution is 2.22. The Bertz CT molecular complexity index is 291. The lowest BCUT2D eigenvalue weighted by atomic mass is 10.2. The summed E-state index contributed by atoms with van der Waals surface area (Å²) in [5.41, 5.74) is 8.05. The van der Waals surface area contributed by atoms with Gasteiger partial charge in [-0.25, -0.2) is 0 Å². The molecule has 0 amide bonds. The maximum absolute atomic E-state index is 5.75. The fourth-order valence-electron chi connectivity index (χ4n) is 1.35. The number of nitrogens with two attached hydrogens (primary N) is 1. The molecule has 0 saturated carbocycles. The van der Waals surface area contributed by atoms with Crippen LogP contribution in [0.15, 0.2) is 4.47 Å². The average Bonchev–Trinajstić information content (AvgIpc) is 2.31. The Labute approximate surface area is 87.4 Å². The maximum atomic E-state index is 5.75. The van der Waals surface area contributed by atoms with Crippen molar-refractivity contribution in [3.8, 4) is 0 Å². The molecule has 0 radical (unpaired) electrons. The molecule has 1 aromatic rings. The smallest absolute Gasteiger partial charge is 0.0766 e. The second-order valence-electron chi connectivity index (χ2n) is 3.37. The molecular formula is C9H16BrN3. The number of halogens is 1. The van der Waals surface area contributed by atoms with Crippen molar-refractivity contribution < 1.29 is 0 Å². The third-order valence-electron chi connectivity index (χ3n) is 2.02. The Balaban J connectivity index is 2.98. The molecule has 0 aliphatic carbocycles. The van der Waals surface area contributed by atoms with Crippen LogP contribution in [-0.2, 0) is 19.9 Å². The lowest BCUT2D eigenvalue weighted by molar-refractivity contribution is 0.645. The summed E-state index contributed by atoms with van der Waals surface area (Å²) in [5, 5.41) is 4.40. The molecule has 0 spiro atoms. The Kier molecular flexibility index (Phi) is 3.50. The van der Waals surface area contributed by atoms with Crippen molar-refractivity contribution in [1.82, 2.24) is 9.78 Å². The van der Waals surface area contributed by atoms with E-state index in [0.29, 0.717) is 0 Å². The fourth-order valence-corrected chi connectivity index (χ4v) is 2.12. The van der Waals surface area contributed by atoms with Crippen molar-refractivity contribution in [3.63, 3.8) is 0 Å². The monoisotopic (exact) mass is 245 g/mol. The third kappa shape index (κ3) is 2.31. The second kappa shape index (κ2) is 4.24. The minimum absolute atomic E-state index is 0.177. The zero-order valence-corrected chi connectivity index (χ0v) is 9.93. The molecule has 0 bridgehead atoms. The first-order valence-corrected chi connectivity index (χ1v) is 5.31. The van der Waals surface area contributed by atoms with E-state index in [2.05, 4.69) is 28.0 Å². The van der Waals surface area contributed by atoms with Crippen molar-refractivity contribution in [2.75, 3.05) is 0 Å². The summed E-state index contributed by atoms with van der Waals surface area (Å²) in [5.74, 6) is 0. The molecule has 0 aliphatic rings. The summed E-state index contributed by atoms with van der Waals surface area (Å²) in [6.07, 6.45) is 1.82. The van der Waals surface area contributed by atoms with Crippen LogP contribution in [0.5, 0.6) is 0 Å². The topological polar surface area (TPSA) is 43.8 Å². The van der Waals surface area contributed by atoms with Crippen molar-refractivity contribution in [2.24, 2.45) is 12.8 Å². The highest BCUT2D eigenvalue weighted by molar-refractivity contribution is 9.10. The van der Waals surface area contributed by atoms with Gasteiger partial charge in [-0.1, -0.05) is 6.92 Å². The van der Waals surface area contributed by atoms with Crippen LogP contribution >= 0.6 is 15.9 Å². The number of rotatable bonds is 3. The minimum Gasteiger partial charge on any atom is -0.328 e. The summed E-state index contributed by atoms with van der Waals surface area (Å²) >= 11 is 3.55. The van der Waals surface area contributed by atoms with Crippen molar-refractivity contribution in [3.05, 3.63) is 15.9 Å². The van der Waals surface area contributed by atoms with E-state index in [-0.39, 0.29) is 6.04 Å². The van der Waals surface area contributed by atoms with Gasteiger partial charge in [-0.2, -0.15) is 5.10 Å². The molecule has 1 unspecified atom stereocenters. The van der Waals surface area contributed by atoms with E-state index in [4.69, 9.17) is 5.73 Å². The molecule has 1 atom stereocenters. The first-order valence-electron chi connectivity index (χ1n) is 4.52. The van der Waals surface area contributed by atoms with Gasteiger partial charge in [0.1, 0.15) is 0 Å². The Morgan fingerprint density at radius 2 is 2.23 bits per heavy atom. The summed E-state index contributed by atoms with van der Waals surface area (Å²) in [6.45, 7) is 4.10. The average molecular weight is 246 g/mol. The SMILES string of the molecule is CCc1nn(C)c(CC(C)N)c1Br. The van der Waals surface area contributed by atoms with Gasteiger partial charge in [0.15, 0.2) is 0 Å². The number of aryl methyl sites for hydroxylation is 2. The van der Waals surface area contributed by atoms with Crippen LogP contribution in [0.3, 0.4) is 0 Å². The predicted octanol–water partition coefficient (Wildman–Crippen LogP) is 1.63. The summed E-state index contributed by atoms with van der Waals surface area (Å²) in [6, 6.07) is 0.177. The van der Waals surface area contributed by atoms with E-state index in [9.17, 15) is 0 Å². The molecule has 74 valence electrons. The lowest BCUT2D eigenvalue weighted by Gasteiger charge is -2.05. The second-order valence-corrected chi connectivity index (χ2v) is 4.16. The predicted molar refractivity (Wildman–Crippen MR) is 57.6 cm³/mol. The molecule has 0 aromatic carbocycles. The molecule has 0 saturated heterocycles. The van der Waals surface area contributed by atoms with Crippen LogP contribution in [0.2, 0.25) is 0 Å². The van der Waals surface area contributed by atoms with E-state index in [0.717, 1.165) is 23.0 Å². The molecule has 2 N–H and O–H groups in total. The number of hydrogen-bond acceptors (Lipinski definition) is 2. The highest BCUT2D eigenvalue weighted by Gasteiger charge is 2.13. The molecule has 13 heavy (non-hydrogen) atoms.